The van der Waals surface area contributed by atoms with E-state index in [-0.39, 0.29) is 0 Å². The highest BCUT2D eigenvalue weighted by molar-refractivity contribution is 5.96. The average Bonchev–Trinajstić information content (AvgIpc) is 2.48. The van der Waals surface area contributed by atoms with Gasteiger partial charge < -0.3 is 15.2 Å². The Balaban J connectivity index is 1.99. The molecule has 2 N–H and O–H groups in total. The van der Waals surface area contributed by atoms with Crippen LogP contribution in [0.25, 0.3) is 0 Å². The molecule has 20 heavy (non-hydrogen) atoms. The number of methoxy groups -OCH3 is 1. The molecule has 0 aliphatic carbocycles. The molecule has 0 saturated heterocycles. The van der Waals surface area contributed by atoms with Gasteiger partial charge in [-0.15, -0.1) is 0 Å². The number of carbonyl (C=O) groups excluding carboxylic acids is 1. The summed E-state index contributed by atoms with van der Waals surface area (Å²) in [6.07, 6.45) is 4.27. The minimum Gasteiger partial charge on any atom is -0.496 e. The molecule has 0 fully saturated rings. The van der Waals surface area contributed by atoms with Crippen molar-refractivity contribution in [3.63, 3.8) is 0 Å². The van der Waals surface area contributed by atoms with Crippen molar-refractivity contribution >= 4 is 5.91 Å². The average molecular weight is 272 g/mol. The number of primary amides is 1. The van der Waals surface area contributed by atoms with E-state index in [9.17, 15) is 4.79 Å². The summed E-state index contributed by atoms with van der Waals surface area (Å²) in [5, 5.41) is 0. The number of pyridine rings is 1. The smallest absolute Gasteiger partial charge is 0.252 e. The maximum atomic E-state index is 11.3. The number of aromatic nitrogens is 1. The number of benzene rings is 1. The van der Waals surface area contributed by atoms with Crippen LogP contribution < -0.4 is 15.2 Å². The number of hydrogen-bond donors (Lipinski definition) is 1. The Morgan fingerprint density at radius 2 is 2.20 bits per heavy atom. The van der Waals surface area contributed by atoms with E-state index in [4.69, 9.17) is 15.2 Å². The maximum absolute atomic E-state index is 11.3. The van der Waals surface area contributed by atoms with Crippen LogP contribution in [0, 0.1) is 0 Å². The zero-order valence-corrected chi connectivity index (χ0v) is 11.2. The lowest BCUT2D eigenvalue weighted by Crippen LogP contribution is -2.13. The number of amides is 1. The summed E-state index contributed by atoms with van der Waals surface area (Å²) in [5.74, 6) is 0.486. The standard InChI is InChI=1S/C15H16N2O3/c1-19-14-5-4-12(9-13(14)15(16)18)20-8-6-11-3-2-7-17-10-11/h2-5,7,9-10H,6,8H2,1H3,(H2,16,18). The number of hydrogen-bond acceptors (Lipinski definition) is 4. The molecular weight excluding hydrogens is 256 g/mol. The molecule has 0 radical (unpaired) electrons. The van der Waals surface area contributed by atoms with Gasteiger partial charge in [0, 0.05) is 18.8 Å². The zero-order valence-electron chi connectivity index (χ0n) is 11.2. The topological polar surface area (TPSA) is 74.4 Å². The van der Waals surface area contributed by atoms with Crippen molar-refractivity contribution in [2.75, 3.05) is 13.7 Å². The Morgan fingerprint density at radius 1 is 1.35 bits per heavy atom. The molecule has 2 rings (SSSR count). The Morgan fingerprint density at radius 3 is 2.85 bits per heavy atom. The lowest BCUT2D eigenvalue weighted by atomic mass is 10.2. The summed E-state index contributed by atoms with van der Waals surface area (Å²) >= 11 is 0. The van der Waals surface area contributed by atoms with Crippen LogP contribution in [0.1, 0.15) is 15.9 Å². The van der Waals surface area contributed by atoms with Gasteiger partial charge in [-0.1, -0.05) is 6.07 Å². The predicted molar refractivity (Wildman–Crippen MR) is 74.9 cm³/mol. The summed E-state index contributed by atoms with van der Waals surface area (Å²) < 4.78 is 10.7. The van der Waals surface area contributed by atoms with Crippen molar-refractivity contribution < 1.29 is 14.3 Å². The van der Waals surface area contributed by atoms with Crippen LogP contribution in [0.2, 0.25) is 0 Å². The fourth-order valence-electron chi connectivity index (χ4n) is 1.80. The molecule has 0 bridgehead atoms. The van der Waals surface area contributed by atoms with E-state index in [1.54, 1.807) is 30.6 Å². The summed E-state index contributed by atoms with van der Waals surface area (Å²) in [7, 11) is 1.49. The molecule has 5 heteroatoms. The molecule has 0 atom stereocenters. The van der Waals surface area contributed by atoms with Gasteiger partial charge in [0.2, 0.25) is 0 Å². The van der Waals surface area contributed by atoms with E-state index in [0.717, 1.165) is 12.0 Å². The van der Waals surface area contributed by atoms with E-state index >= 15 is 0 Å². The molecule has 1 aromatic heterocycles. The van der Waals surface area contributed by atoms with Crippen LogP contribution in [0.4, 0.5) is 0 Å². The van der Waals surface area contributed by atoms with Crippen LogP contribution >= 0.6 is 0 Å². The van der Waals surface area contributed by atoms with Crippen LogP contribution in [-0.2, 0) is 6.42 Å². The third-order valence-corrected chi connectivity index (χ3v) is 2.82. The molecule has 1 heterocycles. The summed E-state index contributed by atoms with van der Waals surface area (Å²) in [5.41, 5.74) is 6.70. The van der Waals surface area contributed by atoms with Gasteiger partial charge in [0.05, 0.1) is 19.3 Å². The van der Waals surface area contributed by atoms with Gasteiger partial charge in [-0.2, -0.15) is 0 Å². The van der Waals surface area contributed by atoms with Crippen LogP contribution in [0.5, 0.6) is 11.5 Å². The molecule has 5 nitrogen and oxygen atoms in total. The van der Waals surface area contributed by atoms with E-state index in [1.807, 2.05) is 12.1 Å². The number of ether oxygens (including phenoxy) is 2. The Bertz CT molecular complexity index is 585. The fraction of sp³-hybridized carbons (Fsp3) is 0.200. The normalized spacial score (nSPS) is 10.1. The molecule has 1 amide bonds. The Hall–Kier alpha value is -2.56. The van der Waals surface area contributed by atoms with Crippen molar-refractivity contribution in [3.8, 4) is 11.5 Å². The SMILES string of the molecule is COc1ccc(OCCc2cccnc2)cc1C(N)=O. The third-order valence-electron chi connectivity index (χ3n) is 2.82. The number of nitrogens with zero attached hydrogens (tertiary/aromatic N) is 1. The first-order valence-electron chi connectivity index (χ1n) is 6.20. The molecule has 104 valence electrons. The van der Waals surface area contributed by atoms with Crippen molar-refractivity contribution in [1.29, 1.82) is 0 Å². The highest BCUT2D eigenvalue weighted by Gasteiger charge is 2.10. The quantitative estimate of drug-likeness (QED) is 0.870. The molecular formula is C15H16N2O3. The third kappa shape index (κ3) is 3.47. The van der Waals surface area contributed by atoms with Gasteiger partial charge in [-0.25, -0.2) is 0 Å². The van der Waals surface area contributed by atoms with Gasteiger partial charge in [-0.3, -0.25) is 9.78 Å². The van der Waals surface area contributed by atoms with E-state index in [0.29, 0.717) is 23.7 Å². The molecule has 0 aliphatic rings. The van der Waals surface area contributed by atoms with Crippen LogP contribution in [0.3, 0.4) is 0 Å². The molecule has 0 aliphatic heterocycles. The van der Waals surface area contributed by atoms with Crippen molar-refractivity contribution in [2.24, 2.45) is 5.73 Å². The maximum Gasteiger partial charge on any atom is 0.252 e. The fourth-order valence-corrected chi connectivity index (χ4v) is 1.80. The second-order valence-electron chi connectivity index (χ2n) is 4.19. The van der Waals surface area contributed by atoms with Gasteiger partial charge in [0.15, 0.2) is 0 Å². The van der Waals surface area contributed by atoms with Crippen molar-refractivity contribution in [2.45, 2.75) is 6.42 Å². The number of rotatable bonds is 6. The number of nitrogens with two attached hydrogens (primary N) is 1. The predicted octanol–water partition coefficient (Wildman–Crippen LogP) is 1.81. The lowest BCUT2D eigenvalue weighted by molar-refractivity contribution is 0.0997. The number of carbonyl (C=O) groups is 1. The monoisotopic (exact) mass is 272 g/mol. The molecule has 2 aromatic rings. The summed E-state index contributed by atoms with van der Waals surface area (Å²) in [6, 6.07) is 8.87. The highest BCUT2D eigenvalue weighted by atomic mass is 16.5. The van der Waals surface area contributed by atoms with E-state index in [1.165, 1.54) is 7.11 Å². The first kappa shape index (κ1) is 13.9. The lowest BCUT2D eigenvalue weighted by Gasteiger charge is -2.10. The Labute approximate surface area is 117 Å². The zero-order chi connectivity index (χ0) is 14.4. The van der Waals surface area contributed by atoms with Crippen molar-refractivity contribution in [1.82, 2.24) is 4.98 Å². The largest absolute Gasteiger partial charge is 0.496 e. The second kappa shape index (κ2) is 6.56. The van der Waals surface area contributed by atoms with Gasteiger partial charge >= 0.3 is 0 Å². The van der Waals surface area contributed by atoms with Crippen molar-refractivity contribution in [3.05, 3.63) is 53.9 Å². The molecule has 0 saturated carbocycles. The minimum atomic E-state index is -0.542. The van der Waals surface area contributed by atoms with Crippen LogP contribution in [0.15, 0.2) is 42.7 Å². The second-order valence-corrected chi connectivity index (χ2v) is 4.19. The van der Waals surface area contributed by atoms with Gasteiger partial charge in [0.1, 0.15) is 11.5 Å². The summed E-state index contributed by atoms with van der Waals surface area (Å²) in [4.78, 5) is 15.3. The molecule has 0 unspecified atom stereocenters. The first-order chi connectivity index (χ1) is 9.70. The molecule has 1 aromatic carbocycles. The molecule has 0 spiro atoms. The first-order valence-corrected chi connectivity index (χ1v) is 6.20. The highest BCUT2D eigenvalue weighted by Crippen LogP contribution is 2.23. The van der Waals surface area contributed by atoms with Crippen LogP contribution in [-0.4, -0.2) is 24.6 Å². The van der Waals surface area contributed by atoms with Gasteiger partial charge in [-0.05, 0) is 29.8 Å². The van der Waals surface area contributed by atoms with E-state index in [2.05, 4.69) is 4.98 Å². The Kier molecular flexibility index (Phi) is 4.55. The van der Waals surface area contributed by atoms with E-state index < -0.39 is 5.91 Å². The minimum absolute atomic E-state index is 0.311. The van der Waals surface area contributed by atoms with Gasteiger partial charge in [0.25, 0.3) is 5.91 Å². The summed E-state index contributed by atoms with van der Waals surface area (Å²) in [6.45, 7) is 0.496.